The van der Waals surface area contributed by atoms with Crippen molar-refractivity contribution in [2.75, 3.05) is 38.0 Å². The van der Waals surface area contributed by atoms with E-state index in [1.807, 2.05) is 61.2 Å². The Labute approximate surface area is 183 Å². The number of carbonyl (C=O) groups is 2. The third-order valence-electron chi connectivity index (χ3n) is 6.06. The van der Waals surface area contributed by atoms with Crippen LogP contribution in [0, 0.1) is 13.8 Å². The zero-order valence-corrected chi connectivity index (χ0v) is 18.2. The van der Waals surface area contributed by atoms with E-state index in [1.54, 1.807) is 0 Å². The van der Waals surface area contributed by atoms with Gasteiger partial charge in [0, 0.05) is 31.9 Å². The van der Waals surface area contributed by atoms with Crippen molar-refractivity contribution in [1.82, 2.24) is 9.80 Å². The molecule has 31 heavy (non-hydrogen) atoms. The first kappa shape index (κ1) is 21.1. The molecule has 0 atom stereocenters. The minimum absolute atomic E-state index is 0.00654. The van der Waals surface area contributed by atoms with Crippen molar-refractivity contribution in [2.45, 2.75) is 20.3 Å². The number of hydrogen-bond donors (Lipinski definition) is 1. The summed E-state index contributed by atoms with van der Waals surface area (Å²) in [5.41, 5.74) is 4.10. The molecule has 2 amide bonds. The molecule has 4 rings (SSSR count). The number of anilines is 1. The van der Waals surface area contributed by atoms with Gasteiger partial charge in [0.2, 0.25) is 11.8 Å². The lowest BCUT2D eigenvalue weighted by molar-refractivity contribution is -0.132. The second-order valence-electron chi connectivity index (χ2n) is 8.29. The van der Waals surface area contributed by atoms with E-state index in [2.05, 4.69) is 28.4 Å². The molecule has 1 aliphatic rings. The summed E-state index contributed by atoms with van der Waals surface area (Å²) in [6.45, 7) is 7.08. The number of fused-ring (bicyclic) bond motifs is 1. The predicted octanol–water partition coefficient (Wildman–Crippen LogP) is 3.78. The number of benzene rings is 3. The molecule has 0 aromatic heterocycles. The molecule has 0 bridgehead atoms. The zero-order valence-electron chi connectivity index (χ0n) is 18.2. The van der Waals surface area contributed by atoms with Crippen molar-refractivity contribution in [3.05, 3.63) is 77.4 Å². The molecule has 5 nitrogen and oxygen atoms in total. The van der Waals surface area contributed by atoms with Gasteiger partial charge in [-0.2, -0.15) is 0 Å². The van der Waals surface area contributed by atoms with E-state index in [1.165, 1.54) is 0 Å². The van der Waals surface area contributed by atoms with Crippen LogP contribution in [0.2, 0.25) is 0 Å². The van der Waals surface area contributed by atoms with Crippen molar-refractivity contribution in [2.24, 2.45) is 0 Å². The van der Waals surface area contributed by atoms with E-state index in [0.717, 1.165) is 33.2 Å². The Balaban J connectivity index is 1.30. The first-order valence-corrected chi connectivity index (χ1v) is 10.8. The second kappa shape index (κ2) is 9.31. The maximum Gasteiger partial charge on any atom is 0.238 e. The molecule has 0 unspecified atom stereocenters. The van der Waals surface area contributed by atoms with Crippen LogP contribution in [0.25, 0.3) is 10.8 Å². The smallest absolute Gasteiger partial charge is 0.238 e. The van der Waals surface area contributed by atoms with E-state index in [0.29, 0.717) is 39.1 Å². The van der Waals surface area contributed by atoms with Gasteiger partial charge in [-0.15, -0.1) is 0 Å². The monoisotopic (exact) mass is 415 g/mol. The van der Waals surface area contributed by atoms with Crippen LogP contribution < -0.4 is 5.32 Å². The lowest BCUT2D eigenvalue weighted by atomic mass is 10.0. The Morgan fingerprint density at radius 1 is 0.839 bits per heavy atom. The van der Waals surface area contributed by atoms with Crippen LogP contribution >= 0.6 is 0 Å². The largest absolute Gasteiger partial charge is 0.340 e. The van der Waals surface area contributed by atoms with Gasteiger partial charge in [-0.1, -0.05) is 60.7 Å². The fraction of sp³-hybridized carbons (Fsp3) is 0.308. The van der Waals surface area contributed by atoms with E-state index >= 15 is 0 Å². The van der Waals surface area contributed by atoms with E-state index in [-0.39, 0.29) is 11.8 Å². The topological polar surface area (TPSA) is 52.7 Å². The van der Waals surface area contributed by atoms with Crippen LogP contribution in [0.15, 0.2) is 60.7 Å². The minimum atomic E-state index is -0.00654. The van der Waals surface area contributed by atoms with E-state index in [4.69, 9.17) is 0 Å². The summed E-state index contributed by atoms with van der Waals surface area (Å²) >= 11 is 0. The first-order valence-electron chi connectivity index (χ1n) is 10.8. The first-order chi connectivity index (χ1) is 15.0. The molecule has 160 valence electrons. The highest BCUT2D eigenvalue weighted by Crippen LogP contribution is 2.21. The third kappa shape index (κ3) is 4.94. The average molecular weight is 416 g/mol. The third-order valence-corrected chi connectivity index (χ3v) is 6.06. The molecule has 0 aliphatic carbocycles. The van der Waals surface area contributed by atoms with Crippen LogP contribution in [0.3, 0.4) is 0 Å². The fourth-order valence-electron chi connectivity index (χ4n) is 4.27. The van der Waals surface area contributed by atoms with Crippen LogP contribution in [0.4, 0.5) is 5.69 Å². The molecular formula is C26H29N3O2. The number of para-hydroxylation sites is 1. The number of hydrogen-bond acceptors (Lipinski definition) is 3. The van der Waals surface area contributed by atoms with E-state index < -0.39 is 0 Å². The van der Waals surface area contributed by atoms with Crippen molar-refractivity contribution >= 4 is 28.3 Å². The molecule has 1 aliphatic heterocycles. The summed E-state index contributed by atoms with van der Waals surface area (Å²) in [5, 5.41) is 5.35. The maximum absolute atomic E-state index is 12.9. The Morgan fingerprint density at radius 3 is 2.23 bits per heavy atom. The summed E-state index contributed by atoms with van der Waals surface area (Å²) in [6, 6.07) is 20.3. The van der Waals surface area contributed by atoms with Gasteiger partial charge in [-0.05, 0) is 41.3 Å². The molecule has 0 radical (unpaired) electrons. The molecule has 5 heteroatoms. The van der Waals surface area contributed by atoms with Gasteiger partial charge in [0.05, 0.1) is 13.0 Å². The van der Waals surface area contributed by atoms with Gasteiger partial charge in [0.1, 0.15) is 0 Å². The number of piperazine rings is 1. The standard InChI is InChI=1S/C26H29N3O2/c1-19-7-5-8-20(2)26(19)27-24(30)18-28-13-15-29(16-14-28)25(31)17-22-11-6-10-21-9-3-4-12-23(21)22/h3-12H,13-18H2,1-2H3,(H,27,30). The molecule has 3 aromatic carbocycles. The van der Waals surface area contributed by atoms with Gasteiger partial charge in [-0.25, -0.2) is 0 Å². The number of aryl methyl sites for hydroxylation is 2. The number of amides is 2. The average Bonchev–Trinajstić information content (AvgIpc) is 2.77. The van der Waals surface area contributed by atoms with Gasteiger partial charge < -0.3 is 10.2 Å². The quantitative estimate of drug-likeness (QED) is 0.690. The highest BCUT2D eigenvalue weighted by Gasteiger charge is 2.23. The van der Waals surface area contributed by atoms with Crippen LogP contribution in [0.1, 0.15) is 16.7 Å². The maximum atomic E-state index is 12.9. The van der Waals surface area contributed by atoms with Gasteiger partial charge in [0.15, 0.2) is 0 Å². The number of nitrogens with zero attached hydrogens (tertiary/aromatic N) is 2. The second-order valence-corrected chi connectivity index (χ2v) is 8.29. The lowest BCUT2D eigenvalue weighted by Gasteiger charge is -2.34. The fourth-order valence-corrected chi connectivity index (χ4v) is 4.27. The summed E-state index contributed by atoms with van der Waals surface area (Å²) in [4.78, 5) is 29.5. The van der Waals surface area contributed by atoms with Crippen LogP contribution in [-0.2, 0) is 16.0 Å². The summed E-state index contributed by atoms with van der Waals surface area (Å²) < 4.78 is 0. The molecule has 3 aromatic rings. The molecule has 0 spiro atoms. The Hall–Kier alpha value is -3.18. The highest BCUT2D eigenvalue weighted by atomic mass is 16.2. The molecule has 0 saturated carbocycles. The number of nitrogens with one attached hydrogen (secondary N) is 1. The molecule has 1 N–H and O–H groups in total. The highest BCUT2D eigenvalue weighted by molar-refractivity contribution is 5.94. The molecule has 1 saturated heterocycles. The normalized spacial score (nSPS) is 14.6. The van der Waals surface area contributed by atoms with Crippen LogP contribution in [-0.4, -0.2) is 54.3 Å². The Kier molecular flexibility index (Phi) is 6.33. The predicted molar refractivity (Wildman–Crippen MR) is 125 cm³/mol. The summed E-state index contributed by atoms with van der Waals surface area (Å²) in [6.07, 6.45) is 0.411. The Morgan fingerprint density at radius 2 is 1.48 bits per heavy atom. The molecule has 1 fully saturated rings. The molecule has 1 heterocycles. The summed E-state index contributed by atoms with van der Waals surface area (Å²) in [7, 11) is 0. The van der Waals surface area contributed by atoms with Crippen molar-refractivity contribution < 1.29 is 9.59 Å². The van der Waals surface area contributed by atoms with Gasteiger partial charge >= 0.3 is 0 Å². The van der Waals surface area contributed by atoms with Gasteiger partial charge in [-0.3, -0.25) is 14.5 Å². The zero-order chi connectivity index (χ0) is 21.8. The van der Waals surface area contributed by atoms with E-state index in [9.17, 15) is 9.59 Å². The number of carbonyl (C=O) groups excluding carboxylic acids is 2. The van der Waals surface area contributed by atoms with Gasteiger partial charge in [0.25, 0.3) is 0 Å². The lowest BCUT2D eigenvalue weighted by Crippen LogP contribution is -2.50. The molecular weight excluding hydrogens is 386 g/mol. The number of rotatable bonds is 5. The minimum Gasteiger partial charge on any atom is -0.340 e. The Bertz CT molecular complexity index is 1080. The van der Waals surface area contributed by atoms with Crippen molar-refractivity contribution in [1.29, 1.82) is 0 Å². The SMILES string of the molecule is Cc1cccc(C)c1NC(=O)CN1CCN(C(=O)Cc2cccc3ccccc23)CC1. The van der Waals surface area contributed by atoms with Crippen molar-refractivity contribution in [3.8, 4) is 0 Å². The summed E-state index contributed by atoms with van der Waals surface area (Å²) in [5.74, 6) is 0.143. The van der Waals surface area contributed by atoms with Crippen molar-refractivity contribution in [3.63, 3.8) is 0 Å². The van der Waals surface area contributed by atoms with Crippen LogP contribution in [0.5, 0.6) is 0 Å².